The predicted octanol–water partition coefficient (Wildman–Crippen LogP) is 2.69. The number of thiophene rings is 1. The van der Waals surface area contributed by atoms with E-state index in [4.69, 9.17) is 4.74 Å². The molecule has 4 rings (SSSR count). The fourth-order valence-electron chi connectivity index (χ4n) is 3.70. The summed E-state index contributed by atoms with van der Waals surface area (Å²) >= 11 is 1.47. The first kappa shape index (κ1) is 17.5. The van der Waals surface area contributed by atoms with Crippen molar-refractivity contribution in [2.75, 3.05) is 25.4 Å². The van der Waals surface area contributed by atoms with Crippen LogP contribution in [0.2, 0.25) is 0 Å². The molecule has 0 N–H and O–H groups in total. The molecule has 2 aliphatic heterocycles. The summed E-state index contributed by atoms with van der Waals surface area (Å²) in [6, 6.07) is 11.5. The summed E-state index contributed by atoms with van der Waals surface area (Å²) in [7, 11) is -3.24. The number of amides is 1. The molecule has 138 valence electrons. The molecule has 1 fully saturated rings. The third-order valence-electron chi connectivity index (χ3n) is 5.14. The standard InChI is InChI=1S/C19H21NO4S2/c21-19(15-12-14-4-1-2-5-16(14)24-13-15)20-8-7-18(17-6-3-10-25-17)26(22,23)11-9-20/h1-6,10,15,18H,7-9,11-13H2/t15-,18-/m0/s1. The van der Waals surface area contributed by atoms with Crippen molar-refractivity contribution in [3.63, 3.8) is 0 Å². The summed E-state index contributed by atoms with van der Waals surface area (Å²) < 4.78 is 31.0. The largest absolute Gasteiger partial charge is 0.492 e. The first-order chi connectivity index (χ1) is 12.5. The number of rotatable bonds is 2. The monoisotopic (exact) mass is 391 g/mol. The Kier molecular flexibility index (Phi) is 4.75. The van der Waals surface area contributed by atoms with E-state index in [0.29, 0.717) is 26.0 Å². The number of sulfone groups is 1. The van der Waals surface area contributed by atoms with Crippen molar-refractivity contribution in [2.45, 2.75) is 18.1 Å². The zero-order chi connectivity index (χ0) is 18.1. The molecule has 0 spiro atoms. The molecule has 2 aromatic rings. The molecule has 7 heteroatoms. The lowest BCUT2D eigenvalue weighted by Crippen LogP contribution is -2.42. The van der Waals surface area contributed by atoms with Crippen LogP contribution >= 0.6 is 11.3 Å². The molecule has 0 unspecified atom stereocenters. The number of carbonyl (C=O) groups is 1. The maximum Gasteiger partial charge on any atom is 0.229 e. The molecule has 1 aromatic carbocycles. The molecule has 26 heavy (non-hydrogen) atoms. The number of ether oxygens (including phenoxy) is 1. The molecule has 5 nitrogen and oxygen atoms in total. The molecular formula is C19H21NO4S2. The normalized spacial score (nSPS) is 25.0. The predicted molar refractivity (Wildman–Crippen MR) is 101 cm³/mol. The van der Waals surface area contributed by atoms with E-state index < -0.39 is 15.1 Å². The van der Waals surface area contributed by atoms with E-state index in [2.05, 4.69) is 0 Å². The summed E-state index contributed by atoms with van der Waals surface area (Å²) in [5.74, 6) is 0.617. The van der Waals surface area contributed by atoms with Crippen molar-refractivity contribution in [1.29, 1.82) is 0 Å². The van der Waals surface area contributed by atoms with Crippen LogP contribution in [0.15, 0.2) is 41.8 Å². The van der Waals surface area contributed by atoms with Crippen LogP contribution in [0.25, 0.3) is 0 Å². The number of hydrogen-bond donors (Lipinski definition) is 0. The summed E-state index contributed by atoms with van der Waals surface area (Å²) in [6.45, 7) is 1.09. The number of para-hydroxylation sites is 1. The molecule has 2 atom stereocenters. The van der Waals surface area contributed by atoms with Gasteiger partial charge in [0.25, 0.3) is 0 Å². The molecule has 0 bridgehead atoms. The van der Waals surface area contributed by atoms with E-state index >= 15 is 0 Å². The van der Waals surface area contributed by atoms with Crippen LogP contribution in [0.3, 0.4) is 0 Å². The Morgan fingerprint density at radius 1 is 1.15 bits per heavy atom. The quantitative estimate of drug-likeness (QED) is 0.790. The second-order valence-corrected chi connectivity index (χ2v) is 10.1. The first-order valence-electron chi connectivity index (χ1n) is 8.79. The molecule has 2 aliphatic rings. The molecule has 0 aliphatic carbocycles. The Bertz CT molecular complexity index is 892. The molecule has 1 aromatic heterocycles. The summed E-state index contributed by atoms with van der Waals surface area (Å²) in [6.07, 6.45) is 1.10. The highest BCUT2D eigenvalue weighted by Gasteiger charge is 2.36. The van der Waals surface area contributed by atoms with Gasteiger partial charge in [0.05, 0.1) is 16.9 Å². The van der Waals surface area contributed by atoms with Gasteiger partial charge in [0.1, 0.15) is 12.4 Å². The molecule has 1 saturated heterocycles. The third-order valence-corrected chi connectivity index (χ3v) is 8.38. The molecular weight excluding hydrogens is 370 g/mol. The van der Waals surface area contributed by atoms with E-state index in [1.807, 2.05) is 41.8 Å². The zero-order valence-corrected chi connectivity index (χ0v) is 16.0. The average molecular weight is 392 g/mol. The second-order valence-electron chi connectivity index (χ2n) is 6.80. The van der Waals surface area contributed by atoms with Gasteiger partial charge in [-0.25, -0.2) is 8.42 Å². The Morgan fingerprint density at radius 2 is 2.00 bits per heavy atom. The first-order valence-corrected chi connectivity index (χ1v) is 11.4. The fourth-order valence-corrected chi connectivity index (χ4v) is 6.71. The van der Waals surface area contributed by atoms with Gasteiger partial charge in [0, 0.05) is 18.0 Å². The SMILES string of the molecule is O=C([C@@H]1COc2ccccc2C1)N1CC[C@@H](c2cccs2)S(=O)(=O)CC1. The van der Waals surface area contributed by atoms with Crippen LogP contribution in [-0.4, -0.2) is 44.7 Å². The number of carbonyl (C=O) groups excluding carboxylic acids is 1. The van der Waals surface area contributed by atoms with Gasteiger partial charge >= 0.3 is 0 Å². The van der Waals surface area contributed by atoms with Crippen LogP contribution in [-0.2, 0) is 21.1 Å². The van der Waals surface area contributed by atoms with E-state index in [1.165, 1.54) is 11.3 Å². The summed E-state index contributed by atoms with van der Waals surface area (Å²) in [5, 5.41) is 1.40. The minimum atomic E-state index is -3.24. The number of nitrogens with zero attached hydrogens (tertiary/aromatic N) is 1. The number of fused-ring (bicyclic) bond motifs is 1. The van der Waals surface area contributed by atoms with Crippen molar-refractivity contribution < 1.29 is 17.9 Å². The fraction of sp³-hybridized carbons (Fsp3) is 0.421. The Balaban J connectivity index is 1.48. The van der Waals surface area contributed by atoms with Crippen molar-refractivity contribution in [3.8, 4) is 5.75 Å². The van der Waals surface area contributed by atoms with E-state index in [9.17, 15) is 13.2 Å². The molecule has 0 radical (unpaired) electrons. The Labute approximate surface area is 157 Å². The van der Waals surface area contributed by atoms with Gasteiger partial charge in [0.15, 0.2) is 9.84 Å². The van der Waals surface area contributed by atoms with Gasteiger partial charge in [-0.05, 0) is 35.9 Å². The van der Waals surface area contributed by atoms with Gasteiger partial charge in [-0.2, -0.15) is 0 Å². The highest BCUT2D eigenvalue weighted by molar-refractivity contribution is 7.91. The minimum Gasteiger partial charge on any atom is -0.492 e. The molecule has 1 amide bonds. The average Bonchev–Trinajstić information content (AvgIpc) is 3.12. The summed E-state index contributed by atoms with van der Waals surface area (Å²) in [5.41, 5.74) is 1.04. The van der Waals surface area contributed by atoms with Gasteiger partial charge in [-0.1, -0.05) is 24.3 Å². The van der Waals surface area contributed by atoms with Crippen LogP contribution in [0.1, 0.15) is 22.1 Å². The maximum absolute atomic E-state index is 13.0. The van der Waals surface area contributed by atoms with Crippen molar-refractivity contribution in [3.05, 3.63) is 52.2 Å². The van der Waals surface area contributed by atoms with Crippen LogP contribution in [0.4, 0.5) is 0 Å². The van der Waals surface area contributed by atoms with Crippen molar-refractivity contribution in [2.24, 2.45) is 5.92 Å². The second kappa shape index (κ2) is 7.04. The van der Waals surface area contributed by atoms with E-state index in [1.54, 1.807) is 4.90 Å². The smallest absolute Gasteiger partial charge is 0.229 e. The number of benzene rings is 1. The topological polar surface area (TPSA) is 63.7 Å². The lowest BCUT2D eigenvalue weighted by Gasteiger charge is -2.29. The van der Waals surface area contributed by atoms with Gasteiger partial charge < -0.3 is 9.64 Å². The third kappa shape index (κ3) is 3.38. The number of hydrogen-bond acceptors (Lipinski definition) is 5. The lowest BCUT2D eigenvalue weighted by atomic mass is 9.95. The van der Waals surface area contributed by atoms with Gasteiger partial charge in [-0.3, -0.25) is 4.79 Å². The lowest BCUT2D eigenvalue weighted by molar-refractivity contribution is -0.136. The van der Waals surface area contributed by atoms with Crippen molar-refractivity contribution in [1.82, 2.24) is 4.90 Å². The van der Waals surface area contributed by atoms with Crippen molar-refractivity contribution >= 4 is 27.1 Å². The van der Waals surface area contributed by atoms with Crippen LogP contribution < -0.4 is 4.74 Å². The Hall–Kier alpha value is -1.86. The summed E-state index contributed by atoms with van der Waals surface area (Å²) in [4.78, 5) is 15.6. The highest BCUT2D eigenvalue weighted by atomic mass is 32.2. The molecule has 3 heterocycles. The maximum atomic E-state index is 13.0. The van der Waals surface area contributed by atoms with Crippen LogP contribution in [0, 0.1) is 5.92 Å². The van der Waals surface area contributed by atoms with Gasteiger partial charge in [0.2, 0.25) is 5.91 Å². The zero-order valence-electron chi connectivity index (χ0n) is 14.3. The van der Waals surface area contributed by atoms with Crippen LogP contribution in [0.5, 0.6) is 5.75 Å². The van der Waals surface area contributed by atoms with E-state index in [-0.39, 0.29) is 24.1 Å². The Morgan fingerprint density at radius 3 is 2.81 bits per heavy atom. The minimum absolute atomic E-state index is 0.00142. The van der Waals surface area contributed by atoms with Gasteiger partial charge in [-0.15, -0.1) is 11.3 Å². The van der Waals surface area contributed by atoms with E-state index in [0.717, 1.165) is 16.2 Å². The highest BCUT2D eigenvalue weighted by Crippen LogP contribution is 2.33. The molecule has 0 saturated carbocycles.